The monoisotopic (exact) mass is 499 g/mol. The number of hydrogen-bond acceptors (Lipinski definition) is 1. The van der Waals surface area contributed by atoms with E-state index in [1.165, 1.54) is 85.4 Å². The van der Waals surface area contributed by atoms with Crippen LogP contribution in [0.2, 0.25) is 0 Å². The molecule has 2 heteroatoms. The highest BCUT2D eigenvalue weighted by molar-refractivity contribution is 7.26. The Bertz CT molecular complexity index is 2400. The summed E-state index contributed by atoms with van der Waals surface area (Å²) in [6, 6.07) is 44.4. The molecule has 9 aromatic rings. The Morgan fingerprint density at radius 3 is 1.92 bits per heavy atom. The summed E-state index contributed by atoms with van der Waals surface area (Å²) in [5, 5.41) is 13.1. The average molecular weight is 500 g/mol. The van der Waals surface area contributed by atoms with Gasteiger partial charge in [-0.3, -0.25) is 0 Å². The minimum Gasteiger partial charge on any atom is -0.354 e. The van der Waals surface area contributed by atoms with Crippen molar-refractivity contribution in [2.75, 3.05) is 0 Å². The first-order chi connectivity index (χ1) is 18.9. The summed E-state index contributed by atoms with van der Waals surface area (Å²) in [7, 11) is 0. The third kappa shape index (κ3) is 2.60. The first kappa shape index (κ1) is 20.4. The second-order valence-corrected chi connectivity index (χ2v) is 11.2. The van der Waals surface area contributed by atoms with Gasteiger partial charge in [0.1, 0.15) is 0 Å². The average Bonchev–Trinajstić information content (AvgIpc) is 3.56. The molecule has 0 spiro atoms. The SMILES string of the molecule is c1ccc2c(-c3cccc4c3sc3ccc5[nH]c6c7ccccc7c7ccccc7c6c5c34)cccc2c1. The summed E-state index contributed by atoms with van der Waals surface area (Å²) in [5.41, 5.74) is 5.03. The van der Waals surface area contributed by atoms with Crippen LogP contribution in [-0.2, 0) is 0 Å². The van der Waals surface area contributed by atoms with Crippen LogP contribution in [0.4, 0.5) is 0 Å². The predicted molar refractivity (Wildman–Crippen MR) is 167 cm³/mol. The molecule has 0 atom stereocenters. The van der Waals surface area contributed by atoms with E-state index in [4.69, 9.17) is 0 Å². The van der Waals surface area contributed by atoms with Gasteiger partial charge in [0.05, 0.1) is 5.52 Å². The second-order valence-electron chi connectivity index (χ2n) is 10.1. The first-order valence-corrected chi connectivity index (χ1v) is 13.9. The number of benzene rings is 7. The smallest absolute Gasteiger partial charge is 0.0551 e. The maximum Gasteiger partial charge on any atom is 0.0551 e. The molecule has 176 valence electrons. The standard InChI is InChI=1S/C36H21NS/c1-2-11-22-21(9-1)10-7-16-23(22)28-17-8-18-29-32-31(38-36(28)29)20-19-30-34(32)33-26-14-5-3-12-24(26)25-13-4-6-15-27(25)35(33)37-30/h1-20,37H. The van der Waals surface area contributed by atoms with Gasteiger partial charge in [-0.1, -0.05) is 109 Å². The maximum absolute atomic E-state index is 3.83. The molecule has 1 N–H and O–H groups in total. The van der Waals surface area contributed by atoms with Gasteiger partial charge in [0.15, 0.2) is 0 Å². The molecule has 0 radical (unpaired) electrons. The minimum absolute atomic E-state index is 1.20. The molecule has 0 amide bonds. The molecular weight excluding hydrogens is 478 g/mol. The molecule has 0 fully saturated rings. The van der Waals surface area contributed by atoms with Crippen molar-refractivity contribution in [1.82, 2.24) is 4.98 Å². The molecule has 2 aromatic heterocycles. The second kappa shape index (κ2) is 7.44. The van der Waals surface area contributed by atoms with E-state index >= 15 is 0 Å². The zero-order chi connectivity index (χ0) is 24.8. The topological polar surface area (TPSA) is 15.8 Å². The zero-order valence-corrected chi connectivity index (χ0v) is 21.3. The van der Waals surface area contributed by atoms with E-state index in [1.807, 2.05) is 11.3 Å². The minimum atomic E-state index is 1.20. The van der Waals surface area contributed by atoms with Gasteiger partial charge < -0.3 is 4.98 Å². The van der Waals surface area contributed by atoms with E-state index in [9.17, 15) is 0 Å². The van der Waals surface area contributed by atoms with Crippen molar-refractivity contribution in [3.63, 3.8) is 0 Å². The predicted octanol–water partition coefficient (Wildman–Crippen LogP) is 10.8. The van der Waals surface area contributed by atoms with E-state index < -0.39 is 0 Å². The van der Waals surface area contributed by atoms with E-state index in [0.29, 0.717) is 0 Å². The van der Waals surface area contributed by atoms with Crippen LogP contribution in [0.25, 0.3) is 85.4 Å². The van der Waals surface area contributed by atoms with Gasteiger partial charge in [0.25, 0.3) is 0 Å². The van der Waals surface area contributed by atoms with Gasteiger partial charge >= 0.3 is 0 Å². The lowest BCUT2D eigenvalue weighted by Crippen LogP contribution is -1.82. The zero-order valence-electron chi connectivity index (χ0n) is 20.5. The highest BCUT2D eigenvalue weighted by Gasteiger charge is 2.19. The molecule has 7 aromatic carbocycles. The van der Waals surface area contributed by atoms with E-state index in [0.717, 1.165) is 0 Å². The van der Waals surface area contributed by atoms with Gasteiger partial charge in [-0.15, -0.1) is 11.3 Å². The molecule has 2 heterocycles. The lowest BCUT2D eigenvalue weighted by molar-refractivity contribution is 1.57. The molecule has 38 heavy (non-hydrogen) atoms. The molecule has 0 aliphatic rings. The number of rotatable bonds is 1. The van der Waals surface area contributed by atoms with Crippen molar-refractivity contribution in [3.05, 3.63) is 121 Å². The molecule has 0 bridgehead atoms. The fourth-order valence-electron chi connectivity index (χ4n) is 6.59. The van der Waals surface area contributed by atoms with Crippen LogP contribution in [0, 0.1) is 0 Å². The Kier molecular flexibility index (Phi) is 3.99. The van der Waals surface area contributed by atoms with Gasteiger partial charge in [-0.2, -0.15) is 0 Å². The molecule has 1 nitrogen and oxygen atoms in total. The highest BCUT2D eigenvalue weighted by atomic mass is 32.1. The fourth-order valence-corrected chi connectivity index (χ4v) is 7.83. The Hall–Kier alpha value is -4.66. The molecule has 0 aliphatic heterocycles. The van der Waals surface area contributed by atoms with Crippen LogP contribution in [-0.4, -0.2) is 4.98 Å². The van der Waals surface area contributed by atoms with Crippen LogP contribution in [0.3, 0.4) is 0 Å². The Morgan fingerprint density at radius 1 is 0.421 bits per heavy atom. The van der Waals surface area contributed by atoms with E-state index in [-0.39, 0.29) is 0 Å². The summed E-state index contributed by atoms with van der Waals surface area (Å²) < 4.78 is 2.68. The lowest BCUT2D eigenvalue weighted by Gasteiger charge is -2.08. The Morgan fingerprint density at radius 2 is 1.05 bits per heavy atom. The van der Waals surface area contributed by atoms with E-state index in [1.54, 1.807) is 0 Å². The maximum atomic E-state index is 3.83. The van der Waals surface area contributed by atoms with Gasteiger partial charge in [0.2, 0.25) is 0 Å². The molecular formula is C36H21NS. The van der Waals surface area contributed by atoms with Crippen LogP contribution in [0.1, 0.15) is 0 Å². The third-order valence-corrected chi connectivity index (χ3v) is 9.39. The number of fused-ring (bicyclic) bond motifs is 13. The third-order valence-electron chi connectivity index (χ3n) is 8.19. The van der Waals surface area contributed by atoms with Gasteiger partial charge in [-0.25, -0.2) is 0 Å². The van der Waals surface area contributed by atoms with Crippen molar-refractivity contribution < 1.29 is 0 Å². The van der Waals surface area contributed by atoms with Crippen molar-refractivity contribution in [3.8, 4) is 11.1 Å². The molecule has 0 saturated carbocycles. The van der Waals surface area contributed by atoms with Crippen LogP contribution < -0.4 is 0 Å². The molecule has 9 rings (SSSR count). The Labute approximate surface area is 222 Å². The first-order valence-electron chi connectivity index (χ1n) is 13.0. The van der Waals surface area contributed by atoms with Crippen molar-refractivity contribution >= 4 is 85.6 Å². The van der Waals surface area contributed by atoms with Crippen LogP contribution in [0.15, 0.2) is 121 Å². The van der Waals surface area contributed by atoms with Crippen molar-refractivity contribution in [2.45, 2.75) is 0 Å². The number of thiophene rings is 1. The van der Waals surface area contributed by atoms with Crippen LogP contribution >= 0.6 is 11.3 Å². The summed E-state index contributed by atoms with van der Waals surface area (Å²) in [6.45, 7) is 0. The van der Waals surface area contributed by atoms with Crippen LogP contribution in [0.5, 0.6) is 0 Å². The number of nitrogens with one attached hydrogen (secondary N) is 1. The summed E-state index contributed by atoms with van der Waals surface area (Å²) in [6.07, 6.45) is 0. The molecule has 0 aliphatic carbocycles. The normalized spacial score (nSPS) is 12.2. The number of aromatic amines is 1. The van der Waals surface area contributed by atoms with Gasteiger partial charge in [-0.05, 0) is 44.6 Å². The summed E-state index contributed by atoms with van der Waals surface area (Å²) >= 11 is 1.91. The van der Waals surface area contributed by atoms with Crippen molar-refractivity contribution in [1.29, 1.82) is 0 Å². The van der Waals surface area contributed by atoms with Gasteiger partial charge in [0, 0.05) is 47.4 Å². The number of aromatic nitrogens is 1. The molecule has 0 unspecified atom stereocenters. The largest absolute Gasteiger partial charge is 0.354 e. The summed E-state index contributed by atoms with van der Waals surface area (Å²) in [4.78, 5) is 3.83. The highest BCUT2D eigenvalue weighted by Crippen LogP contribution is 2.47. The quantitative estimate of drug-likeness (QED) is 0.216. The lowest BCUT2D eigenvalue weighted by atomic mass is 9.94. The number of hydrogen-bond donors (Lipinski definition) is 1. The summed E-state index contributed by atoms with van der Waals surface area (Å²) in [5.74, 6) is 0. The molecule has 0 saturated heterocycles. The van der Waals surface area contributed by atoms with Crippen molar-refractivity contribution in [2.24, 2.45) is 0 Å². The Balaban J connectivity index is 1.49. The van der Waals surface area contributed by atoms with E-state index in [2.05, 4.69) is 126 Å². The fraction of sp³-hybridized carbons (Fsp3) is 0. The number of H-pyrrole nitrogens is 1.